The van der Waals surface area contributed by atoms with Crippen LogP contribution < -0.4 is 0 Å². The van der Waals surface area contributed by atoms with Gasteiger partial charge in [-0.25, -0.2) is 0 Å². The van der Waals surface area contributed by atoms with E-state index in [1.165, 1.54) is 5.39 Å². The van der Waals surface area contributed by atoms with Crippen LogP contribution in [0.3, 0.4) is 0 Å². The lowest BCUT2D eigenvalue weighted by Gasteiger charge is -2.17. The number of para-hydroxylation sites is 1. The fourth-order valence-corrected chi connectivity index (χ4v) is 3.02. The Labute approximate surface area is 125 Å². The van der Waals surface area contributed by atoms with Gasteiger partial charge in [-0.1, -0.05) is 46.3 Å². The topological polar surface area (TPSA) is 56.2 Å². The van der Waals surface area contributed by atoms with Gasteiger partial charge >= 0.3 is 0 Å². The number of rotatable bonds is 4. The van der Waals surface area contributed by atoms with Gasteiger partial charge in [-0.2, -0.15) is 0 Å². The molecule has 1 heterocycles. The van der Waals surface area contributed by atoms with E-state index in [9.17, 15) is 10.2 Å². The maximum Gasteiger partial charge on any atom is 0.105 e. The minimum atomic E-state index is -0.858. The van der Waals surface area contributed by atoms with Gasteiger partial charge in [0.05, 0.1) is 6.10 Å². The minimum Gasteiger partial charge on any atom is -0.390 e. The average Bonchev–Trinajstić information content (AvgIpc) is 2.84. The van der Waals surface area contributed by atoms with Gasteiger partial charge in [0.25, 0.3) is 0 Å². The first-order valence-electron chi connectivity index (χ1n) is 6.63. The Morgan fingerprint density at radius 1 is 1.00 bits per heavy atom. The van der Waals surface area contributed by atoms with Crippen LogP contribution in [0.1, 0.15) is 18.1 Å². The van der Waals surface area contributed by atoms with Gasteiger partial charge in [-0.05, 0) is 24.1 Å². The molecule has 0 bridgehead atoms. The number of alkyl halides is 1. The summed E-state index contributed by atoms with van der Waals surface area (Å²) in [6, 6.07) is 13.9. The SMILES string of the molecule is OC(CCBr)C(O)c1ccc2c(c1)[nH]c1ccccc12. The first-order valence-corrected chi connectivity index (χ1v) is 7.75. The Morgan fingerprint density at radius 2 is 1.75 bits per heavy atom. The summed E-state index contributed by atoms with van der Waals surface area (Å²) < 4.78 is 0. The number of aliphatic hydroxyl groups is 2. The van der Waals surface area contributed by atoms with E-state index in [0.717, 1.165) is 22.0 Å². The molecule has 3 rings (SSSR count). The molecule has 1 aromatic heterocycles. The van der Waals surface area contributed by atoms with Crippen molar-refractivity contribution in [3.8, 4) is 0 Å². The van der Waals surface area contributed by atoms with E-state index in [2.05, 4.69) is 27.0 Å². The maximum absolute atomic E-state index is 10.2. The molecule has 2 aromatic carbocycles. The van der Waals surface area contributed by atoms with Gasteiger partial charge < -0.3 is 15.2 Å². The third-order valence-corrected chi connectivity index (χ3v) is 4.10. The van der Waals surface area contributed by atoms with Gasteiger partial charge in [-0.15, -0.1) is 0 Å². The lowest BCUT2D eigenvalue weighted by atomic mass is 10.0. The summed E-state index contributed by atoms with van der Waals surface area (Å²) in [7, 11) is 0. The molecule has 4 heteroatoms. The predicted octanol–water partition coefficient (Wildman–Crippen LogP) is 3.50. The van der Waals surface area contributed by atoms with E-state index in [1.54, 1.807) is 0 Å². The number of aromatic amines is 1. The van der Waals surface area contributed by atoms with Gasteiger partial charge in [0, 0.05) is 27.1 Å². The van der Waals surface area contributed by atoms with Crippen molar-refractivity contribution in [2.24, 2.45) is 0 Å². The quantitative estimate of drug-likeness (QED) is 0.640. The number of aliphatic hydroxyl groups excluding tert-OH is 2. The molecule has 0 aliphatic rings. The molecule has 3 N–H and O–H groups in total. The number of benzene rings is 2. The van der Waals surface area contributed by atoms with Crippen molar-refractivity contribution in [1.82, 2.24) is 4.98 Å². The predicted molar refractivity (Wildman–Crippen MR) is 85.2 cm³/mol. The second-order valence-corrected chi connectivity index (χ2v) is 5.76. The third kappa shape index (κ3) is 2.35. The normalized spacial score (nSPS) is 14.8. The van der Waals surface area contributed by atoms with Gasteiger partial charge in [0.2, 0.25) is 0 Å². The summed E-state index contributed by atoms with van der Waals surface area (Å²) in [5, 5.41) is 23.0. The van der Waals surface area contributed by atoms with Crippen LogP contribution in [0.5, 0.6) is 0 Å². The van der Waals surface area contributed by atoms with Gasteiger partial charge in [0.1, 0.15) is 6.10 Å². The number of fused-ring (bicyclic) bond motifs is 3. The second-order valence-electron chi connectivity index (χ2n) is 4.97. The molecule has 0 saturated heterocycles. The highest BCUT2D eigenvalue weighted by molar-refractivity contribution is 9.09. The smallest absolute Gasteiger partial charge is 0.105 e. The van der Waals surface area contributed by atoms with Crippen molar-refractivity contribution in [3.63, 3.8) is 0 Å². The second kappa shape index (κ2) is 5.56. The highest BCUT2D eigenvalue weighted by Crippen LogP contribution is 2.28. The number of halogens is 1. The van der Waals surface area contributed by atoms with Crippen LogP contribution in [0.2, 0.25) is 0 Å². The van der Waals surface area contributed by atoms with Crippen LogP contribution in [0.4, 0.5) is 0 Å². The van der Waals surface area contributed by atoms with E-state index in [-0.39, 0.29) is 0 Å². The molecule has 3 nitrogen and oxygen atoms in total. The number of aromatic nitrogens is 1. The van der Waals surface area contributed by atoms with Crippen molar-refractivity contribution in [2.45, 2.75) is 18.6 Å². The summed E-state index contributed by atoms with van der Waals surface area (Å²) in [6.07, 6.45) is -1.09. The minimum absolute atomic E-state index is 0.520. The molecular formula is C16H16BrNO2. The number of hydrogen-bond donors (Lipinski definition) is 3. The lowest BCUT2D eigenvalue weighted by Crippen LogP contribution is -2.18. The third-order valence-electron chi connectivity index (χ3n) is 3.64. The molecule has 2 unspecified atom stereocenters. The standard InChI is InChI=1S/C16H16BrNO2/c17-8-7-15(19)16(20)10-5-6-12-11-3-1-2-4-13(11)18-14(12)9-10/h1-6,9,15-16,18-20H,7-8H2. The Bertz CT molecular complexity index is 738. The number of H-pyrrole nitrogens is 1. The van der Waals surface area contributed by atoms with Crippen LogP contribution >= 0.6 is 15.9 Å². The van der Waals surface area contributed by atoms with Crippen molar-refractivity contribution >= 4 is 37.7 Å². The fraction of sp³-hybridized carbons (Fsp3) is 0.250. The number of hydrogen-bond acceptors (Lipinski definition) is 2. The highest BCUT2D eigenvalue weighted by Gasteiger charge is 2.18. The average molecular weight is 334 g/mol. The van der Waals surface area contributed by atoms with E-state index in [0.29, 0.717) is 11.8 Å². The number of nitrogens with one attached hydrogen (secondary N) is 1. The molecule has 20 heavy (non-hydrogen) atoms. The summed E-state index contributed by atoms with van der Waals surface area (Å²) in [4.78, 5) is 3.34. The molecule has 0 radical (unpaired) electrons. The Kier molecular flexibility index (Phi) is 3.78. The summed E-state index contributed by atoms with van der Waals surface area (Å²) >= 11 is 3.28. The summed E-state index contributed by atoms with van der Waals surface area (Å²) in [6.45, 7) is 0. The van der Waals surface area contributed by atoms with Crippen LogP contribution in [0, 0.1) is 0 Å². The molecule has 0 saturated carbocycles. The lowest BCUT2D eigenvalue weighted by molar-refractivity contribution is 0.0174. The van der Waals surface area contributed by atoms with E-state index in [1.807, 2.05) is 36.4 Å². The molecule has 3 aromatic rings. The highest BCUT2D eigenvalue weighted by atomic mass is 79.9. The molecule has 0 spiro atoms. The van der Waals surface area contributed by atoms with Gasteiger partial charge in [0.15, 0.2) is 0 Å². The largest absolute Gasteiger partial charge is 0.390 e. The van der Waals surface area contributed by atoms with Crippen LogP contribution in [-0.2, 0) is 0 Å². The molecule has 104 valence electrons. The maximum atomic E-state index is 10.2. The van der Waals surface area contributed by atoms with Crippen LogP contribution in [0.25, 0.3) is 21.8 Å². The Hall–Kier alpha value is -1.36. The Balaban J connectivity index is 2.04. The molecule has 0 aliphatic heterocycles. The first-order chi connectivity index (χ1) is 9.70. The van der Waals surface area contributed by atoms with E-state index < -0.39 is 12.2 Å². The zero-order valence-electron chi connectivity index (χ0n) is 10.9. The summed E-state index contributed by atoms with van der Waals surface area (Å²) in [5.74, 6) is 0. The monoisotopic (exact) mass is 333 g/mol. The van der Waals surface area contributed by atoms with E-state index in [4.69, 9.17) is 0 Å². The summed E-state index contributed by atoms with van der Waals surface area (Å²) in [5.41, 5.74) is 2.79. The van der Waals surface area contributed by atoms with Crippen molar-refractivity contribution in [2.75, 3.05) is 5.33 Å². The first kappa shape index (κ1) is 13.6. The molecule has 0 fully saturated rings. The fourth-order valence-electron chi connectivity index (χ4n) is 2.55. The molecule has 0 amide bonds. The van der Waals surface area contributed by atoms with Gasteiger partial charge in [-0.3, -0.25) is 0 Å². The molecule has 0 aliphatic carbocycles. The Morgan fingerprint density at radius 3 is 2.55 bits per heavy atom. The van der Waals surface area contributed by atoms with Crippen molar-refractivity contribution in [3.05, 3.63) is 48.0 Å². The van der Waals surface area contributed by atoms with Crippen LogP contribution in [0.15, 0.2) is 42.5 Å². The molecular weight excluding hydrogens is 318 g/mol. The van der Waals surface area contributed by atoms with Crippen molar-refractivity contribution in [1.29, 1.82) is 0 Å². The van der Waals surface area contributed by atoms with E-state index >= 15 is 0 Å². The zero-order valence-corrected chi connectivity index (χ0v) is 12.5. The van der Waals surface area contributed by atoms with Crippen molar-refractivity contribution < 1.29 is 10.2 Å². The van der Waals surface area contributed by atoms with Crippen LogP contribution in [-0.4, -0.2) is 26.6 Å². The molecule has 2 atom stereocenters. The zero-order chi connectivity index (χ0) is 14.1.